The number of methoxy groups -OCH3 is 1. The molecule has 0 radical (unpaired) electrons. The van der Waals surface area contributed by atoms with Crippen molar-refractivity contribution in [2.24, 2.45) is 5.73 Å². The molecule has 0 aliphatic carbocycles. The summed E-state index contributed by atoms with van der Waals surface area (Å²) in [5.74, 6) is -0.0618. The maximum atomic E-state index is 11.8. The minimum absolute atomic E-state index is 0.0618. The summed E-state index contributed by atoms with van der Waals surface area (Å²) in [6, 6.07) is -0.566. The normalized spacial score (nSPS) is 22.5. The van der Waals surface area contributed by atoms with Gasteiger partial charge in [0.25, 0.3) is 0 Å². The van der Waals surface area contributed by atoms with Gasteiger partial charge in [-0.3, -0.25) is 4.79 Å². The van der Waals surface area contributed by atoms with Crippen LogP contribution in [-0.2, 0) is 14.3 Å². The molecule has 0 spiro atoms. The molecule has 0 aromatic carbocycles. The molecular formula is C10H20N2O3. The van der Waals surface area contributed by atoms with Crippen molar-refractivity contribution in [1.29, 1.82) is 0 Å². The molecule has 88 valence electrons. The van der Waals surface area contributed by atoms with Crippen molar-refractivity contribution in [1.82, 2.24) is 4.90 Å². The number of hydrogen-bond acceptors (Lipinski definition) is 4. The van der Waals surface area contributed by atoms with Crippen LogP contribution in [0.2, 0.25) is 0 Å². The number of rotatable bonds is 3. The van der Waals surface area contributed by atoms with Crippen molar-refractivity contribution < 1.29 is 14.3 Å². The Morgan fingerprint density at radius 1 is 1.67 bits per heavy atom. The molecule has 0 saturated carbocycles. The van der Waals surface area contributed by atoms with Crippen molar-refractivity contribution in [3.05, 3.63) is 0 Å². The number of nitrogens with two attached hydrogens (primary N) is 1. The van der Waals surface area contributed by atoms with E-state index in [0.29, 0.717) is 19.7 Å². The Morgan fingerprint density at radius 3 is 2.87 bits per heavy atom. The predicted octanol–water partition coefficient (Wildman–Crippen LogP) is -0.402. The van der Waals surface area contributed by atoms with Gasteiger partial charge in [0.05, 0.1) is 18.8 Å². The van der Waals surface area contributed by atoms with E-state index in [1.165, 1.54) is 7.11 Å². The molecule has 5 nitrogen and oxygen atoms in total. The number of hydrogen-bond donors (Lipinski definition) is 1. The lowest BCUT2D eigenvalue weighted by atomic mass is 10.1. The second-order valence-corrected chi connectivity index (χ2v) is 4.43. The topological polar surface area (TPSA) is 64.8 Å². The van der Waals surface area contributed by atoms with Gasteiger partial charge in [-0.05, 0) is 13.8 Å². The Kier molecular flexibility index (Phi) is 4.07. The highest BCUT2D eigenvalue weighted by atomic mass is 16.5. The Morgan fingerprint density at radius 2 is 2.33 bits per heavy atom. The number of ether oxygens (including phenoxy) is 2. The SMILES string of the molecule is COCC(N)C(=O)N1CCOC(C)(C)C1. The largest absolute Gasteiger partial charge is 0.383 e. The molecule has 1 aliphatic heterocycles. The Labute approximate surface area is 90.5 Å². The smallest absolute Gasteiger partial charge is 0.242 e. The van der Waals surface area contributed by atoms with Crippen LogP contribution in [0.1, 0.15) is 13.8 Å². The Bertz CT molecular complexity index is 231. The van der Waals surface area contributed by atoms with Gasteiger partial charge < -0.3 is 20.1 Å². The van der Waals surface area contributed by atoms with E-state index in [4.69, 9.17) is 15.2 Å². The number of carbonyl (C=O) groups excluding carboxylic acids is 1. The quantitative estimate of drug-likeness (QED) is 0.697. The van der Waals surface area contributed by atoms with Crippen molar-refractivity contribution in [3.63, 3.8) is 0 Å². The first-order chi connectivity index (χ1) is 6.96. The van der Waals surface area contributed by atoms with Gasteiger partial charge in [-0.15, -0.1) is 0 Å². The molecule has 0 bridgehead atoms. The van der Waals surface area contributed by atoms with E-state index in [0.717, 1.165) is 0 Å². The van der Waals surface area contributed by atoms with Gasteiger partial charge in [-0.1, -0.05) is 0 Å². The summed E-state index contributed by atoms with van der Waals surface area (Å²) < 4.78 is 10.4. The average Bonchev–Trinajstić information content (AvgIpc) is 2.15. The monoisotopic (exact) mass is 216 g/mol. The molecule has 0 aromatic rings. The van der Waals surface area contributed by atoms with Crippen LogP contribution in [0.3, 0.4) is 0 Å². The molecule has 1 atom stereocenters. The number of amides is 1. The van der Waals surface area contributed by atoms with Crippen LogP contribution in [0.5, 0.6) is 0 Å². The first-order valence-corrected chi connectivity index (χ1v) is 5.13. The maximum Gasteiger partial charge on any atom is 0.242 e. The summed E-state index contributed by atoms with van der Waals surface area (Å²) in [6.07, 6.45) is 0. The number of nitrogens with zero attached hydrogens (tertiary/aromatic N) is 1. The van der Waals surface area contributed by atoms with Crippen LogP contribution in [-0.4, -0.2) is 55.9 Å². The highest BCUT2D eigenvalue weighted by molar-refractivity contribution is 5.82. The van der Waals surface area contributed by atoms with Gasteiger partial charge in [0, 0.05) is 20.2 Å². The molecule has 5 heteroatoms. The molecule has 15 heavy (non-hydrogen) atoms. The molecule has 1 unspecified atom stereocenters. The predicted molar refractivity (Wildman–Crippen MR) is 56.5 cm³/mol. The molecule has 1 rings (SSSR count). The van der Waals surface area contributed by atoms with Gasteiger partial charge in [-0.25, -0.2) is 0 Å². The molecule has 1 fully saturated rings. The lowest BCUT2D eigenvalue weighted by Crippen LogP contribution is -2.55. The molecule has 1 heterocycles. The van der Waals surface area contributed by atoms with Crippen LogP contribution in [0.4, 0.5) is 0 Å². The fourth-order valence-electron chi connectivity index (χ4n) is 1.69. The maximum absolute atomic E-state index is 11.8. The van der Waals surface area contributed by atoms with Gasteiger partial charge >= 0.3 is 0 Å². The van der Waals surface area contributed by atoms with E-state index < -0.39 is 6.04 Å². The number of carbonyl (C=O) groups is 1. The molecule has 1 aliphatic rings. The fraction of sp³-hybridized carbons (Fsp3) is 0.900. The van der Waals surface area contributed by atoms with E-state index in [-0.39, 0.29) is 18.1 Å². The lowest BCUT2D eigenvalue weighted by Gasteiger charge is -2.39. The third-order valence-corrected chi connectivity index (χ3v) is 2.40. The lowest BCUT2D eigenvalue weighted by molar-refractivity contribution is -0.148. The zero-order valence-electron chi connectivity index (χ0n) is 9.66. The zero-order chi connectivity index (χ0) is 11.5. The van der Waals surface area contributed by atoms with E-state index in [9.17, 15) is 4.79 Å². The minimum Gasteiger partial charge on any atom is -0.383 e. The van der Waals surface area contributed by atoms with Crippen molar-refractivity contribution >= 4 is 5.91 Å². The molecular weight excluding hydrogens is 196 g/mol. The molecule has 1 amide bonds. The third kappa shape index (κ3) is 3.44. The Balaban J connectivity index is 2.52. The third-order valence-electron chi connectivity index (χ3n) is 2.40. The van der Waals surface area contributed by atoms with E-state index in [1.54, 1.807) is 4.90 Å². The van der Waals surface area contributed by atoms with Crippen LogP contribution in [0, 0.1) is 0 Å². The summed E-state index contributed by atoms with van der Waals surface area (Å²) in [7, 11) is 1.54. The average molecular weight is 216 g/mol. The first kappa shape index (κ1) is 12.4. The zero-order valence-corrected chi connectivity index (χ0v) is 9.66. The van der Waals surface area contributed by atoms with Gasteiger partial charge in [0.2, 0.25) is 5.91 Å². The highest BCUT2D eigenvalue weighted by Crippen LogP contribution is 2.16. The summed E-state index contributed by atoms with van der Waals surface area (Å²) >= 11 is 0. The van der Waals surface area contributed by atoms with Crippen molar-refractivity contribution in [2.75, 3.05) is 33.4 Å². The minimum atomic E-state index is -0.566. The fourth-order valence-corrected chi connectivity index (χ4v) is 1.69. The van der Waals surface area contributed by atoms with Gasteiger partial charge in [0.15, 0.2) is 0 Å². The molecule has 0 aromatic heterocycles. The van der Waals surface area contributed by atoms with Crippen LogP contribution >= 0.6 is 0 Å². The summed E-state index contributed by atoms with van der Waals surface area (Å²) in [4.78, 5) is 13.6. The summed E-state index contributed by atoms with van der Waals surface area (Å²) in [6.45, 7) is 5.96. The van der Waals surface area contributed by atoms with Crippen LogP contribution in [0.25, 0.3) is 0 Å². The Hall–Kier alpha value is -0.650. The van der Waals surface area contributed by atoms with Crippen molar-refractivity contribution in [3.8, 4) is 0 Å². The van der Waals surface area contributed by atoms with E-state index in [2.05, 4.69) is 0 Å². The van der Waals surface area contributed by atoms with Crippen LogP contribution < -0.4 is 5.73 Å². The van der Waals surface area contributed by atoms with Gasteiger partial charge in [0.1, 0.15) is 6.04 Å². The standard InChI is InChI=1S/C10H20N2O3/c1-10(2)7-12(4-5-15-10)9(13)8(11)6-14-3/h8H,4-7,11H2,1-3H3. The van der Waals surface area contributed by atoms with Crippen molar-refractivity contribution in [2.45, 2.75) is 25.5 Å². The number of morpholine rings is 1. The summed E-state index contributed by atoms with van der Waals surface area (Å²) in [5.41, 5.74) is 5.41. The molecule has 2 N–H and O–H groups in total. The van der Waals surface area contributed by atoms with Gasteiger partial charge in [-0.2, -0.15) is 0 Å². The first-order valence-electron chi connectivity index (χ1n) is 5.13. The van der Waals surface area contributed by atoms with E-state index >= 15 is 0 Å². The molecule has 1 saturated heterocycles. The highest BCUT2D eigenvalue weighted by Gasteiger charge is 2.31. The second kappa shape index (κ2) is 4.92. The second-order valence-electron chi connectivity index (χ2n) is 4.43. The summed E-state index contributed by atoms with van der Waals surface area (Å²) in [5, 5.41) is 0. The van der Waals surface area contributed by atoms with E-state index in [1.807, 2.05) is 13.8 Å². The van der Waals surface area contributed by atoms with Crippen LogP contribution in [0.15, 0.2) is 0 Å².